The van der Waals surface area contributed by atoms with Crippen molar-refractivity contribution in [1.29, 1.82) is 0 Å². The van der Waals surface area contributed by atoms with Crippen molar-refractivity contribution in [3.05, 3.63) is 127 Å². The lowest BCUT2D eigenvalue weighted by molar-refractivity contribution is 1.22. The minimum atomic E-state index is 0.808. The van der Waals surface area contributed by atoms with Crippen LogP contribution in [0, 0.1) is 6.92 Å². The Morgan fingerprint density at radius 2 is 0.838 bits per heavy atom. The van der Waals surface area contributed by atoms with E-state index < -0.39 is 0 Å². The molecule has 5 heteroatoms. The summed E-state index contributed by atoms with van der Waals surface area (Å²) in [6.07, 6.45) is 7.21. The van der Waals surface area contributed by atoms with Crippen LogP contribution in [0.4, 0.5) is 0 Å². The molecule has 37 heavy (non-hydrogen) atoms. The molecule has 176 valence electrons. The van der Waals surface area contributed by atoms with Crippen molar-refractivity contribution >= 4 is 0 Å². The number of aromatic nitrogens is 5. The summed E-state index contributed by atoms with van der Waals surface area (Å²) in [4.78, 5) is 23.0. The third-order valence-corrected chi connectivity index (χ3v) is 6.11. The standard InChI is InChI=1S/C32H23N5/c1-22-16-24(23-11-15-36-30(19-23)27-8-2-5-12-33-27)18-25(17-22)26-20-31(28-9-3-6-13-34-28)37-32(21-26)29-10-4-7-14-35-29/h2-21H,1H3. The number of pyridine rings is 5. The van der Waals surface area contributed by atoms with Crippen LogP contribution in [0.1, 0.15) is 5.56 Å². The van der Waals surface area contributed by atoms with Crippen LogP contribution in [0.5, 0.6) is 0 Å². The molecule has 0 saturated carbocycles. The number of benzene rings is 1. The van der Waals surface area contributed by atoms with Crippen LogP contribution in [0.15, 0.2) is 122 Å². The quantitative estimate of drug-likeness (QED) is 0.261. The van der Waals surface area contributed by atoms with E-state index >= 15 is 0 Å². The highest BCUT2D eigenvalue weighted by atomic mass is 14.8. The maximum absolute atomic E-state index is 4.91. The minimum absolute atomic E-state index is 0.808. The maximum Gasteiger partial charge on any atom is 0.0900 e. The molecule has 0 spiro atoms. The van der Waals surface area contributed by atoms with E-state index in [0.29, 0.717) is 0 Å². The third-order valence-electron chi connectivity index (χ3n) is 6.11. The van der Waals surface area contributed by atoms with Gasteiger partial charge in [-0.15, -0.1) is 0 Å². The van der Waals surface area contributed by atoms with Gasteiger partial charge in [-0.1, -0.05) is 30.3 Å². The smallest absolute Gasteiger partial charge is 0.0900 e. The van der Waals surface area contributed by atoms with E-state index in [-0.39, 0.29) is 0 Å². The largest absolute Gasteiger partial charge is 0.255 e. The number of hydrogen-bond acceptors (Lipinski definition) is 5. The summed E-state index contributed by atoms with van der Waals surface area (Å²) < 4.78 is 0. The lowest BCUT2D eigenvalue weighted by Gasteiger charge is -2.12. The summed E-state index contributed by atoms with van der Waals surface area (Å²) in [7, 11) is 0. The molecule has 0 N–H and O–H groups in total. The molecular formula is C32H23N5. The van der Waals surface area contributed by atoms with Crippen LogP contribution < -0.4 is 0 Å². The highest BCUT2D eigenvalue weighted by Crippen LogP contribution is 2.33. The third kappa shape index (κ3) is 4.88. The topological polar surface area (TPSA) is 64.5 Å². The molecule has 0 radical (unpaired) electrons. The Morgan fingerprint density at radius 1 is 0.378 bits per heavy atom. The zero-order chi connectivity index (χ0) is 25.0. The molecule has 6 aromatic rings. The molecule has 0 saturated heterocycles. The predicted octanol–water partition coefficient (Wildman–Crippen LogP) is 7.31. The second-order valence-corrected chi connectivity index (χ2v) is 8.79. The van der Waals surface area contributed by atoms with Crippen molar-refractivity contribution in [1.82, 2.24) is 24.9 Å². The van der Waals surface area contributed by atoms with E-state index in [2.05, 4.69) is 63.3 Å². The van der Waals surface area contributed by atoms with Crippen molar-refractivity contribution in [3.63, 3.8) is 0 Å². The molecule has 1 aromatic carbocycles. The van der Waals surface area contributed by atoms with Crippen LogP contribution in [0.2, 0.25) is 0 Å². The van der Waals surface area contributed by atoms with Crippen LogP contribution in [0.25, 0.3) is 56.4 Å². The number of hydrogen-bond donors (Lipinski definition) is 0. The van der Waals surface area contributed by atoms with Crippen LogP contribution in [0.3, 0.4) is 0 Å². The highest BCUT2D eigenvalue weighted by molar-refractivity contribution is 5.79. The molecule has 0 atom stereocenters. The van der Waals surface area contributed by atoms with E-state index in [1.807, 2.05) is 66.9 Å². The molecule has 6 rings (SSSR count). The van der Waals surface area contributed by atoms with Gasteiger partial charge in [-0.2, -0.15) is 0 Å². The van der Waals surface area contributed by atoms with Gasteiger partial charge in [0.2, 0.25) is 0 Å². The summed E-state index contributed by atoms with van der Waals surface area (Å²) in [5, 5.41) is 0. The Morgan fingerprint density at radius 3 is 1.38 bits per heavy atom. The van der Waals surface area contributed by atoms with E-state index in [9.17, 15) is 0 Å². The van der Waals surface area contributed by atoms with Crippen molar-refractivity contribution in [2.24, 2.45) is 0 Å². The van der Waals surface area contributed by atoms with E-state index in [0.717, 1.165) is 56.4 Å². The van der Waals surface area contributed by atoms with Gasteiger partial charge < -0.3 is 0 Å². The fourth-order valence-electron chi connectivity index (χ4n) is 4.37. The second kappa shape index (κ2) is 9.91. The second-order valence-electron chi connectivity index (χ2n) is 8.79. The van der Waals surface area contributed by atoms with Gasteiger partial charge in [0, 0.05) is 24.8 Å². The molecule has 0 bridgehead atoms. The normalized spacial score (nSPS) is 10.8. The van der Waals surface area contributed by atoms with E-state index in [1.54, 1.807) is 18.6 Å². The van der Waals surface area contributed by atoms with Gasteiger partial charge >= 0.3 is 0 Å². The summed E-state index contributed by atoms with van der Waals surface area (Å²) in [5.74, 6) is 0. The Hall–Kier alpha value is -5.03. The molecule has 5 heterocycles. The first-order chi connectivity index (χ1) is 18.2. The molecule has 0 aliphatic rings. The van der Waals surface area contributed by atoms with Crippen LogP contribution in [-0.2, 0) is 0 Å². The molecule has 0 aliphatic carbocycles. The summed E-state index contributed by atoms with van der Waals surface area (Å²) in [6, 6.07) is 32.5. The molecule has 0 fully saturated rings. The van der Waals surface area contributed by atoms with Crippen molar-refractivity contribution in [3.8, 4) is 56.4 Å². The molecule has 0 aliphatic heterocycles. The van der Waals surface area contributed by atoms with Gasteiger partial charge in [-0.3, -0.25) is 19.9 Å². The van der Waals surface area contributed by atoms with Gasteiger partial charge in [0.15, 0.2) is 0 Å². The molecule has 0 amide bonds. The van der Waals surface area contributed by atoms with E-state index in [1.165, 1.54) is 5.56 Å². The fraction of sp³-hybridized carbons (Fsp3) is 0.0312. The predicted molar refractivity (Wildman–Crippen MR) is 147 cm³/mol. The molecule has 5 aromatic heterocycles. The zero-order valence-electron chi connectivity index (χ0n) is 20.3. The number of aryl methyl sites for hydroxylation is 1. The SMILES string of the molecule is Cc1cc(-c2ccnc(-c3ccccn3)c2)cc(-c2cc(-c3ccccn3)nc(-c3ccccn3)c2)c1. The van der Waals surface area contributed by atoms with Crippen LogP contribution >= 0.6 is 0 Å². The number of nitrogens with zero attached hydrogens (tertiary/aromatic N) is 5. The number of rotatable bonds is 5. The Kier molecular flexibility index (Phi) is 6.01. The first-order valence-electron chi connectivity index (χ1n) is 12.1. The van der Waals surface area contributed by atoms with Gasteiger partial charge in [0.1, 0.15) is 0 Å². The summed E-state index contributed by atoms with van der Waals surface area (Å²) >= 11 is 0. The van der Waals surface area contributed by atoms with Crippen molar-refractivity contribution in [2.45, 2.75) is 6.92 Å². The maximum atomic E-state index is 4.91. The average Bonchev–Trinajstić information content (AvgIpc) is 2.98. The lowest BCUT2D eigenvalue weighted by atomic mass is 9.95. The molecule has 0 unspecified atom stereocenters. The highest BCUT2D eigenvalue weighted by Gasteiger charge is 2.12. The van der Waals surface area contributed by atoms with Gasteiger partial charge in [-0.25, -0.2) is 4.98 Å². The zero-order valence-corrected chi connectivity index (χ0v) is 20.3. The lowest BCUT2D eigenvalue weighted by Crippen LogP contribution is -1.94. The van der Waals surface area contributed by atoms with Crippen molar-refractivity contribution in [2.75, 3.05) is 0 Å². The monoisotopic (exact) mass is 477 g/mol. The molecular weight excluding hydrogens is 454 g/mol. The Labute approximate surface area is 215 Å². The van der Waals surface area contributed by atoms with Crippen molar-refractivity contribution < 1.29 is 0 Å². The summed E-state index contributed by atoms with van der Waals surface area (Å²) in [5.41, 5.74) is 10.5. The Balaban J connectivity index is 1.48. The first-order valence-corrected chi connectivity index (χ1v) is 12.1. The van der Waals surface area contributed by atoms with Gasteiger partial charge in [-0.05, 0) is 101 Å². The molecule has 5 nitrogen and oxygen atoms in total. The van der Waals surface area contributed by atoms with Crippen LogP contribution in [-0.4, -0.2) is 24.9 Å². The van der Waals surface area contributed by atoms with Gasteiger partial charge in [0.05, 0.1) is 34.2 Å². The minimum Gasteiger partial charge on any atom is -0.255 e. The Bertz CT molecular complexity index is 1610. The van der Waals surface area contributed by atoms with E-state index in [4.69, 9.17) is 4.98 Å². The fourth-order valence-corrected chi connectivity index (χ4v) is 4.37. The average molecular weight is 478 g/mol. The summed E-state index contributed by atoms with van der Waals surface area (Å²) in [6.45, 7) is 2.12. The van der Waals surface area contributed by atoms with Gasteiger partial charge in [0.25, 0.3) is 0 Å². The first kappa shape index (κ1) is 22.4.